The predicted molar refractivity (Wildman–Crippen MR) is 72.1 cm³/mol. The van der Waals surface area contributed by atoms with E-state index in [1.807, 2.05) is 0 Å². The van der Waals surface area contributed by atoms with Crippen LogP contribution in [0.15, 0.2) is 18.2 Å². The Bertz CT molecular complexity index is 438. The smallest absolute Gasteiger partial charge is 0.254 e. The second-order valence-corrected chi connectivity index (χ2v) is 5.76. The first-order valence-electron chi connectivity index (χ1n) is 6.29. The molecule has 1 N–H and O–H groups in total. The monoisotopic (exact) mass is 251 g/mol. The Kier molecular flexibility index (Phi) is 4.49. The highest BCUT2D eigenvalue weighted by atomic mass is 19.1. The van der Waals surface area contributed by atoms with Gasteiger partial charge in [0.2, 0.25) is 0 Å². The lowest BCUT2D eigenvalue weighted by Gasteiger charge is -2.29. The van der Waals surface area contributed by atoms with Crippen LogP contribution in [0.1, 0.15) is 43.6 Å². The maximum atomic E-state index is 13.8. The summed E-state index contributed by atoms with van der Waals surface area (Å²) in [6.07, 6.45) is 0. The molecule has 0 aromatic heterocycles. The van der Waals surface area contributed by atoms with Crippen molar-refractivity contribution in [3.05, 3.63) is 35.1 Å². The highest BCUT2D eigenvalue weighted by Gasteiger charge is 2.23. The predicted octanol–water partition coefficient (Wildman–Crippen LogP) is 3.55. The zero-order valence-corrected chi connectivity index (χ0v) is 11.8. The molecular weight excluding hydrogens is 229 g/mol. The molecule has 18 heavy (non-hydrogen) atoms. The number of nitrogens with one attached hydrogen (secondary N) is 1. The molecule has 1 aromatic carbocycles. The van der Waals surface area contributed by atoms with Gasteiger partial charge in [-0.1, -0.05) is 39.8 Å². The fourth-order valence-corrected chi connectivity index (χ4v) is 1.43. The molecule has 0 aliphatic carbocycles. The van der Waals surface area contributed by atoms with Crippen molar-refractivity contribution in [3.8, 4) is 0 Å². The minimum atomic E-state index is -0.433. The molecular formula is C15H22FNO. The van der Waals surface area contributed by atoms with Crippen LogP contribution in [0.3, 0.4) is 0 Å². The summed E-state index contributed by atoms with van der Waals surface area (Å²) in [5, 5.41) is 2.81. The third-order valence-corrected chi connectivity index (χ3v) is 3.70. The molecule has 0 bridgehead atoms. The largest absolute Gasteiger partial charge is 0.351 e. The zero-order chi connectivity index (χ0) is 13.9. The highest BCUT2D eigenvalue weighted by Crippen LogP contribution is 2.24. The summed E-state index contributed by atoms with van der Waals surface area (Å²) in [5.74, 6) is -0.331. The van der Waals surface area contributed by atoms with Crippen molar-refractivity contribution in [1.82, 2.24) is 5.32 Å². The van der Waals surface area contributed by atoms with Crippen molar-refractivity contribution >= 4 is 5.91 Å². The average molecular weight is 251 g/mol. The van der Waals surface area contributed by atoms with Crippen LogP contribution in [0.2, 0.25) is 0 Å². The highest BCUT2D eigenvalue weighted by molar-refractivity contribution is 5.94. The first-order chi connectivity index (χ1) is 8.25. The van der Waals surface area contributed by atoms with Gasteiger partial charge in [-0.15, -0.1) is 0 Å². The topological polar surface area (TPSA) is 29.1 Å². The molecule has 3 heteroatoms. The van der Waals surface area contributed by atoms with Crippen LogP contribution in [0.5, 0.6) is 0 Å². The average Bonchev–Trinajstić information content (AvgIpc) is 2.29. The Labute approximate surface area is 109 Å². The molecule has 0 unspecified atom stereocenters. The van der Waals surface area contributed by atoms with Crippen molar-refractivity contribution in [2.24, 2.45) is 11.3 Å². The number of hydrogen-bond acceptors (Lipinski definition) is 1. The van der Waals surface area contributed by atoms with Crippen LogP contribution in [0.25, 0.3) is 0 Å². The third kappa shape index (κ3) is 3.31. The molecule has 0 radical (unpaired) electrons. The summed E-state index contributed by atoms with van der Waals surface area (Å²) < 4.78 is 13.8. The van der Waals surface area contributed by atoms with E-state index in [0.717, 1.165) is 0 Å². The lowest BCUT2D eigenvalue weighted by atomic mass is 9.81. The van der Waals surface area contributed by atoms with Gasteiger partial charge < -0.3 is 5.32 Å². The van der Waals surface area contributed by atoms with E-state index in [-0.39, 0.29) is 16.9 Å². The standard InChI is InChI=1S/C15H22FNO/c1-10(2)15(4,5)9-17-14(18)12-8-6-7-11(3)13(12)16/h6-8,10H,9H2,1-5H3,(H,17,18). The summed E-state index contributed by atoms with van der Waals surface area (Å²) in [4.78, 5) is 11.9. The SMILES string of the molecule is Cc1cccc(C(=O)NCC(C)(C)C(C)C)c1F. The maximum Gasteiger partial charge on any atom is 0.254 e. The van der Waals surface area contributed by atoms with E-state index in [0.29, 0.717) is 18.0 Å². The normalized spacial score (nSPS) is 11.7. The second-order valence-electron chi connectivity index (χ2n) is 5.76. The van der Waals surface area contributed by atoms with Crippen LogP contribution < -0.4 is 5.32 Å². The minimum absolute atomic E-state index is 0.00401. The van der Waals surface area contributed by atoms with Crippen LogP contribution >= 0.6 is 0 Å². The van der Waals surface area contributed by atoms with Crippen molar-refractivity contribution in [3.63, 3.8) is 0 Å². The Morgan fingerprint density at radius 3 is 2.56 bits per heavy atom. The molecule has 1 aromatic rings. The van der Waals surface area contributed by atoms with E-state index in [4.69, 9.17) is 0 Å². The Hall–Kier alpha value is -1.38. The summed E-state index contributed by atoms with van der Waals surface area (Å²) in [6, 6.07) is 4.87. The summed E-state index contributed by atoms with van der Waals surface area (Å²) >= 11 is 0. The number of rotatable bonds is 4. The van der Waals surface area contributed by atoms with Crippen LogP contribution in [-0.2, 0) is 0 Å². The van der Waals surface area contributed by atoms with Gasteiger partial charge >= 0.3 is 0 Å². The molecule has 0 atom stereocenters. The summed E-state index contributed by atoms with van der Waals surface area (Å²) in [7, 11) is 0. The van der Waals surface area contributed by atoms with E-state index in [2.05, 4.69) is 33.0 Å². The third-order valence-electron chi connectivity index (χ3n) is 3.70. The fraction of sp³-hybridized carbons (Fsp3) is 0.533. The minimum Gasteiger partial charge on any atom is -0.351 e. The number of amides is 1. The van der Waals surface area contributed by atoms with Gasteiger partial charge in [0.25, 0.3) is 5.91 Å². The molecule has 1 rings (SSSR count). The second kappa shape index (κ2) is 5.51. The first-order valence-corrected chi connectivity index (χ1v) is 6.29. The zero-order valence-electron chi connectivity index (χ0n) is 11.8. The van der Waals surface area contributed by atoms with Gasteiger partial charge in [0.1, 0.15) is 5.82 Å². The molecule has 0 fully saturated rings. The number of hydrogen-bond donors (Lipinski definition) is 1. The number of halogens is 1. The Morgan fingerprint density at radius 1 is 1.39 bits per heavy atom. The molecule has 2 nitrogen and oxygen atoms in total. The van der Waals surface area contributed by atoms with Crippen LogP contribution in [-0.4, -0.2) is 12.5 Å². The molecule has 0 saturated carbocycles. The van der Waals surface area contributed by atoms with E-state index in [9.17, 15) is 9.18 Å². The van der Waals surface area contributed by atoms with Gasteiger partial charge in [-0.2, -0.15) is 0 Å². The quantitative estimate of drug-likeness (QED) is 0.871. The number of carbonyl (C=O) groups is 1. The Balaban J connectivity index is 2.75. The fourth-order valence-electron chi connectivity index (χ4n) is 1.43. The van der Waals surface area contributed by atoms with Crippen molar-refractivity contribution in [1.29, 1.82) is 0 Å². The van der Waals surface area contributed by atoms with Crippen LogP contribution in [0.4, 0.5) is 4.39 Å². The van der Waals surface area contributed by atoms with Crippen LogP contribution in [0, 0.1) is 24.1 Å². The van der Waals surface area contributed by atoms with Gasteiger partial charge in [0, 0.05) is 6.54 Å². The lowest BCUT2D eigenvalue weighted by Crippen LogP contribution is -2.37. The number of benzene rings is 1. The number of carbonyl (C=O) groups excluding carboxylic acids is 1. The van der Waals surface area contributed by atoms with Crippen molar-refractivity contribution < 1.29 is 9.18 Å². The number of aryl methyl sites for hydroxylation is 1. The van der Waals surface area contributed by atoms with Crippen molar-refractivity contribution in [2.75, 3.05) is 6.54 Å². The van der Waals surface area contributed by atoms with E-state index >= 15 is 0 Å². The molecule has 100 valence electrons. The maximum absolute atomic E-state index is 13.8. The molecule has 0 aliphatic heterocycles. The van der Waals surface area contributed by atoms with Gasteiger partial charge in [0.15, 0.2) is 0 Å². The lowest BCUT2D eigenvalue weighted by molar-refractivity contribution is 0.0920. The molecule has 0 spiro atoms. The van der Waals surface area contributed by atoms with Gasteiger partial charge in [0.05, 0.1) is 5.56 Å². The van der Waals surface area contributed by atoms with Gasteiger partial charge in [-0.25, -0.2) is 4.39 Å². The van der Waals surface area contributed by atoms with E-state index in [1.54, 1.807) is 19.1 Å². The molecule has 0 saturated heterocycles. The van der Waals surface area contributed by atoms with E-state index < -0.39 is 5.82 Å². The molecule has 1 amide bonds. The van der Waals surface area contributed by atoms with Gasteiger partial charge in [-0.3, -0.25) is 4.79 Å². The molecule has 0 heterocycles. The Morgan fingerprint density at radius 2 is 2.00 bits per heavy atom. The van der Waals surface area contributed by atoms with Crippen molar-refractivity contribution in [2.45, 2.75) is 34.6 Å². The summed E-state index contributed by atoms with van der Waals surface area (Å²) in [6.45, 7) is 10.6. The molecule has 0 aliphatic rings. The van der Waals surface area contributed by atoms with Gasteiger partial charge in [-0.05, 0) is 29.9 Å². The first kappa shape index (κ1) is 14.7. The van der Waals surface area contributed by atoms with E-state index in [1.165, 1.54) is 6.07 Å². The summed E-state index contributed by atoms with van der Waals surface area (Å²) in [5.41, 5.74) is 0.607.